The lowest BCUT2D eigenvalue weighted by atomic mass is 10.1. The van der Waals surface area contributed by atoms with E-state index in [2.05, 4.69) is 4.74 Å². The van der Waals surface area contributed by atoms with E-state index in [0.29, 0.717) is 17.0 Å². The van der Waals surface area contributed by atoms with Crippen molar-refractivity contribution in [2.75, 3.05) is 19.5 Å². The maximum absolute atomic E-state index is 11.7. The van der Waals surface area contributed by atoms with E-state index in [1.807, 2.05) is 6.92 Å². The Morgan fingerprint density at radius 2 is 2.00 bits per heavy atom. The highest BCUT2D eigenvalue weighted by molar-refractivity contribution is 7.18. The summed E-state index contributed by atoms with van der Waals surface area (Å²) in [5.74, 6) is -0.984. The first-order valence-electron chi connectivity index (χ1n) is 5.17. The molecule has 1 heterocycles. The van der Waals surface area contributed by atoms with Crippen molar-refractivity contribution >= 4 is 28.3 Å². The zero-order valence-corrected chi connectivity index (χ0v) is 10.8. The minimum absolute atomic E-state index is 0.267. The van der Waals surface area contributed by atoms with Crippen LogP contribution in [-0.4, -0.2) is 25.7 Å². The number of carbonyl (C=O) groups excluding carboxylic acids is 2. The Balaban J connectivity index is 3.05. The van der Waals surface area contributed by atoms with Gasteiger partial charge < -0.3 is 15.2 Å². The van der Waals surface area contributed by atoms with E-state index in [4.69, 9.17) is 10.5 Å². The molecule has 1 rings (SSSR count). The molecular weight excluding hydrogens is 242 g/mol. The first-order chi connectivity index (χ1) is 8.02. The summed E-state index contributed by atoms with van der Waals surface area (Å²) in [6.07, 6.45) is 0.735. The molecule has 2 N–H and O–H groups in total. The highest BCUT2D eigenvalue weighted by atomic mass is 32.1. The molecule has 0 aliphatic heterocycles. The Kier molecular flexibility index (Phi) is 4.51. The van der Waals surface area contributed by atoms with Crippen molar-refractivity contribution < 1.29 is 19.1 Å². The second kappa shape index (κ2) is 5.67. The fraction of sp³-hybridized carbons (Fsp3) is 0.455. The topological polar surface area (TPSA) is 78.6 Å². The van der Waals surface area contributed by atoms with E-state index in [0.717, 1.165) is 17.8 Å². The van der Waals surface area contributed by atoms with Crippen LogP contribution in [0.3, 0.4) is 0 Å². The molecule has 0 fully saturated rings. The molecule has 1 aromatic heterocycles. The lowest BCUT2D eigenvalue weighted by Gasteiger charge is -2.03. The Labute approximate surface area is 104 Å². The second-order valence-electron chi connectivity index (χ2n) is 3.42. The summed E-state index contributed by atoms with van der Waals surface area (Å²) < 4.78 is 9.61. The van der Waals surface area contributed by atoms with Crippen LogP contribution in [0.2, 0.25) is 0 Å². The maximum Gasteiger partial charge on any atom is 0.348 e. The molecule has 0 amide bonds. The quantitative estimate of drug-likeness (QED) is 0.834. The molecule has 0 saturated heterocycles. The maximum atomic E-state index is 11.7. The predicted octanol–water partition coefficient (Wildman–Crippen LogP) is 1.99. The highest BCUT2D eigenvalue weighted by Crippen LogP contribution is 2.31. The smallest absolute Gasteiger partial charge is 0.348 e. The fourth-order valence-electron chi connectivity index (χ4n) is 1.34. The number of nitrogen functional groups attached to an aromatic ring is 1. The molecule has 94 valence electrons. The van der Waals surface area contributed by atoms with Gasteiger partial charge in [-0.2, -0.15) is 0 Å². The van der Waals surface area contributed by atoms with Gasteiger partial charge in [-0.25, -0.2) is 9.59 Å². The van der Waals surface area contributed by atoms with Crippen LogP contribution in [0.5, 0.6) is 0 Å². The van der Waals surface area contributed by atoms with Crippen molar-refractivity contribution in [2.24, 2.45) is 0 Å². The lowest BCUT2D eigenvalue weighted by molar-refractivity contribution is 0.0506. The van der Waals surface area contributed by atoms with Crippen molar-refractivity contribution in [3.8, 4) is 0 Å². The number of anilines is 1. The average molecular weight is 257 g/mol. The number of ether oxygens (including phenoxy) is 2. The molecular formula is C11H15NO4S. The SMILES string of the molecule is CCCOC(=O)c1c(N)sc(C(=O)OC)c1C. The van der Waals surface area contributed by atoms with Crippen LogP contribution in [-0.2, 0) is 9.47 Å². The average Bonchev–Trinajstić information content (AvgIpc) is 2.61. The van der Waals surface area contributed by atoms with Gasteiger partial charge in [0.05, 0.1) is 19.3 Å². The summed E-state index contributed by atoms with van der Waals surface area (Å²) in [6.45, 7) is 3.89. The first-order valence-corrected chi connectivity index (χ1v) is 5.98. The summed E-state index contributed by atoms with van der Waals surface area (Å²) in [4.78, 5) is 23.5. The second-order valence-corrected chi connectivity index (χ2v) is 4.48. The molecule has 0 saturated carbocycles. The van der Waals surface area contributed by atoms with Crippen LogP contribution in [0.25, 0.3) is 0 Å². The number of rotatable bonds is 4. The number of hydrogen-bond acceptors (Lipinski definition) is 6. The molecule has 17 heavy (non-hydrogen) atoms. The first kappa shape index (κ1) is 13.5. The summed E-state index contributed by atoms with van der Waals surface area (Å²) in [6, 6.07) is 0. The normalized spacial score (nSPS) is 10.1. The largest absolute Gasteiger partial charge is 0.465 e. The molecule has 0 radical (unpaired) electrons. The summed E-state index contributed by atoms with van der Waals surface area (Å²) >= 11 is 1.04. The van der Waals surface area contributed by atoms with Gasteiger partial charge in [-0.1, -0.05) is 6.92 Å². The van der Waals surface area contributed by atoms with Crippen LogP contribution in [0.1, 0.15) is 38.9 Å². The van der Waals surface area contributed by atoms with Gasteiger partial charge in [-0.15, -0.1) is 11.3 Å². The Morgan fingerprint density at radius 3 is 2.53 bits per heavy atom. The van der Waals surface area contributed by atoms with E-state index in [-0.39, 0.29) is 10.6 Å². The number of nitrogens with two attached hydrogens (primary N) is 1. The van der Waals surface area contributed by atoms with Gasteiger partial charge in [0.1, 0.15) is 9.88 Å². The third kappa shape index (κ3) is 2.76. The van der Waals surface area contributed by atoms with Crippen molar-refractivity contribution in [1.29, 1.82) is 0 Å². The Morgan fingerprint density at radius 1 is 1.35 bits per heavy atom. The van der Waals surface area contributed by atoms with Gasteiger partial charge in [0, 0.05) is 0 Å². The number of esters is 2. The molecule has 0 aliphatic rings. The van der Waals surface area contributed by atoms with Crippen molar-refractivity contribution in [2.45, 2.75) is 20.3 Å². The van der Waals surface area contributed by atoms with Gasteiger partial charge in [-0.3, -0.25) is 0 Å². The van der Waals surface area contributed by atoms with Crippen molar-refractivity contribution in [1.82, 2.24) is 0 Å². The zero-order valence-electron chi connectivity index (χ0n) is 10.0. The van der Waals surface area contributed by atoms with Crippen LogP contribution in [0.15, 0.2) is 0 Å². The van der Waals surface area contributed by atoms with Crippen molar-refractivity contribution in [3.63, 3.8) is 0 Å². The number of carbonyl (C=O) groups is 2. The molecule has 0 aromatic carbocycles. The van der Waals surface area contributed by atoms with Crippen LogP contribution in [0.4, 0.5) is 5.00 Å². The van der Waals surface area contributed by atoms with E-state index in [1.54, 1.807) is 6.92 Å². The van der Waals surface area contributed by atoms with Crippen molar-refractivity contribution in [3.05, 3.63) is 16.0 Å². The Hall–Kier alpha value is -1.56. The van der Waals surface area contributed by atoms with E-state index in [9.17, 15) is 9.59 Å². The summed E-state index contributed by atoms with van der Waals surface area (Å²) in [7, 11) is 1.28. The minimum atomic E-state index is -0.492. The van der Waals surface area contributed by atoms with Gasteiger partial charge in [0.2, 0.25) is 0 Å². The van der Waals surface area contributed by atoms with Crippen LogP contribution >= 0.6 is 11.3 Å². The standard InChI is InChI=1S/C11H15NO4S/c1-4-5-16-10(13)7-6(2)8(11(14)15-3)17-9(7)12/h4-5,12H2,1-3H3. The van der Waals surface area contributed by atoms with Gasteiger partial charge in [0.25, 0.3) is 0 Å². The molecule has 5 nitrogen and oxygen atoms in total. The summed E-state index contributed by atoms with van der Waals surface area (Å²) in [5, 5.41) is 0.281. The number of methoxy groups -OCH3 is 1. The molecule has 6 heteroatoms. The van der Waals surface area contributed by atoms with E-state index < -0.39 is 11.9 Å². The van der Waals surface area contributed by atoms with E-state index >= 15 is 0 Å². The van der Waals surface area contributed by atoms with Crippen LogP contribution in [0, 0.1) is 6.92 Å². The molecule has 0 bridgehead atoms. The number of hydrogen-bond donors (Lipinski definition) is 1. The van der Waals surface area contributed by atoms with E-state index in [1.165, 1.54) is 7.11 Å². The fourth-order valence-corrected chi connectivity index (χ4v) is 2.32. The molecule has 0 unspecified atom stereocenters. The van der Waals surface area contributed by atoms with Crippen LogP contribution < -0.4 is 5.73 Å². The molecule has 0 spiro atoms. The summed E-state index contributed by atoms with van der Waals surface area (Å²) in [5.41, 5.74) is 6.50. The highest BCUT2D eigenvalue weighted by Gasteiger charge is 2.24. The minimum Gasteiger partial charge on any atom is -0.465 e. The predicted molar refractivity (Wildman–Crippen MR) is 65.4 cm³/mol. The zero-order chi connectivity index (χ0) is 13.0. The number of thiophene rings is 1. The monoisotopic (exact) mass is 257 g/mol. The van der Waals surface area contributed by atoms with Gasteiger partial charge in [0.15, 0.2) is 0 Å². The Bertz CT molecular complexity index is 439. The third-order valence-electron chi connectivity index (χ3n) is 2.19. The molecule has 0 aliphatic carbocycles. The van der Waals surface area contributed by atoms with Gasteiger partial charge in [-0.05, 0) is 18.9 Å². The third-order valence-corrected chi connectivity index (χ3v) is 3.29. The lowest BCUT2D eigenvalue weighted by Crippen LogP contribution is -2.09. The molecule has 0 atom stereocenters. The van der Waals surface area contributed by atoms with Gasteiger partial charge >= 0.3 is 11.9 Å². The molecule has 1 aromatic rings.